The normalized spacial score (nSPS) is 17.7. The maximum atomic E-state index is 12.0. The molecular weight excluding hydrogens is 284 g/mol. The van der Waals surface area contributed by atoms with E-state index in [9.17, 15) is 13.8 Å². The number of aromatic amines is 1. The Morgan fingerprint density at radius 1 is 1.50 bits per heavy atom. The number of nitrogens with one attached hydrogen (secondary N) is 2. The molecule has 1 fully saturated rings. The summed E-state index contributed by atoms with van der Waals surface area (Å²) in [6.07, 6.45) is 3.11. The number of hydrogen-bond acceptors (Lipinski definition) is 4. The van der Waals surface area contributed by atoms with Gasteiger partial charge in [-0.15, -0.1) is 0 Å². The third kappa shape index (κ3) is 3.80. The van der Waals surface area contributed by atoms with Gasteiger partial charge in [0.15, 0.2) is 0 Å². The van der Waals surface area contributed by atoms with Crippen molar-refractivity contribution in [2.75, 3.05) is 24.6 Å². The summed E-state index contributed by atoms with van der Waals surface area (Å²) >= 11 is 0. The first-order valence-corrected chi connectivity index (χ1v) is 7.65. The number of rotatable bonds is 4. The highest BCUT2D eigenvalue weighted by Gasteiger charge is 2.26. The molecule has 1 aliphatic heterocycles. The second-order valence-electron chi connectivity index (χ2n) is 4.46. The minimum atomic E-state index is -1.10. The van der Waals surface area contributed by atoms with Crippen LogP contribution in [0.3, 0.4) is 0 Å². The van der Waals surface area contributed by atoms with Crippen molar-refractivity contribution in [2.45, 2.75) is 12.5 Å². The van der Waals surface area contributed by atoms with E-state index in [4.69, 9.17) is 5.11 Å². The lowest BCUT2D eigenvalue weighted by molar-refractivity contribution is -0.139. The standard InChI is InChI=1S/C11H16N4O4S/c16-10(17)9(5-8-6-12-7-13-8)14-11(18)15-1-3-20(19)4-2-15/h6-7,9H,1-5H2,(H,12,13)(H,14,18)(H,16,17)/t9-/m1/s1. The van der Waals surface area contributed by atoms with E-state index in [0.29, 0.717) is 30.3 Å². The molecule has 20 heavy (non-hydrogen) atoms. The SMILES string of the molecule is O=C(O)[C@@H](Cc1cnc[nH]1)NC(=O)N1CCS(=O)CC1. The topological polar surface area (TPSA) is 115 Å². The lowest BCUT2D eigenvalue weighted by Gasteiger charge is -2.27. The Bertz CT molecular complexity index is 495. The zero-order chi connectivity index (χ0) is 14.5. The van der Waals surface area contributed by atoms with Gasteiger partial charge < -0.3 is 20.3 Å². The molecule has 1 aliphatic rings. The zero-order valence-corrected chi connectivity index (χ0v) is 11.6. The van der Waals surface area contributed by atoms with Gasteiger partial charge in [0, 0.05) is 53.7 Å². The van der Waals surface area contributed by atoms with Gasteiger partial charge in [-0.3, -0.25) is 4.21 Å². The van der Waals surface area contributed by atoms with Crippen LogP contribution in [0.4, 0.5) is 4.79 Å². The molecule has 0 radical (unpaired) electrons. The van der Waals surface area contributed by atoms with Crippen molar-refractivity contribution in [1.29, 1.82) is 0 Å². The number of carbonyl (C=O) groups excluding carboxylic acids is 1. The summed E-state index contributed by atoms with van der Waals surface area (Å²) in [5, 5.41) is 11.6. The molecule has 8 nitrogen and oxygen atoms in total. The van der Waals surface area contributed by atoms with Crippen molar-refractivity contribution >= 4 is 22.8 Å². The number of imidazole rings is 1. The van der Waals surface area contributed by atoms with Crippen LogP contribution in [0.15, 0.2) is 12.5 Å². The van der Waals surface area contributed by atoms with E-state index >= 15 is 0 Å². The van der Waals surface area contributed by atoms with Crippen molar-refractivity contribution in [1.82, 2.24) is 20.2 Å². The van der Waals surface area contributed by atoms with Gasteiger partial charge in [-0.25, -0.2) is 14.6 Å². The summed E-state index contributed by atoms with van der Waals surface area (Å²) in [6.45, 7) is 0.768. The number of carboxylic acids is 1. The van der Waals surface area contributed by atoms with Crippen LogP contribution in [0.1, 0.15) is 5.69 Å². The Labute approximate surface area is 118 Å². The average Bonchev–Trinajstić information content (AvgIpc) is 2.91. The molecule has 0 spiro atoms. The Hall–Kier alpha value is -1.90. The molecule has 0 bridgehead atoms. The fourth-order valence-electron chi connectivity index (χ4n) is 1.90. The number of aliphatic carboxylic acids is 1. The van der Waals surface area contributed by atoms with E-state index in [0.717, 1.165) is 0 Å². The van der Waals surface area contributed by atoms with Crippen LogP contribution in [0.5, 0.6) is 0 Å². The predicted molar refractivity (Wildman–Crippen MR) is 71.7 cm³/mol. The van der Waals surface area contributed by atoms with Crippen molar-refractivity contribution in [3.05, 3.63) is 18.2 Å². The molecular formula is C11H16N4O4S. The van der Waals surface area contributed by atoms with Crippen LogP contribution in [0.25, 0.3) is 0 Å². The van der Waals surface area contributed by atoms with Crippen molar-refractivity contribution in [3.63, 3.8) is 0 Å². The van der Waals surface area contributed by atoms with Crippen LogP contribution >= 0.6 is 0 Å². The van der Waals surface area contributed by atoms with Gasteiger partial charge in [0.25, 0.3) is 0 Å². The number of hydrogen-bond donors (Lipinski definition) is 3. The smallest absolute Gasteiger partial charge is 0.326 e. The summed E-state index contributed by atoms with van der Waals surface area (Å²) in [6, 6.07) is -1.45. The highest BCUT2D eigenvalue weighted by Crippen LogP contribution is 2.03. The summed E-state index contributed by atoms with van der Waals surface area (Å²) in [7, 11) is -0.876. The Morgan fingerprint density at radius 3 is 2.75 bits per heavy atom. The van der Waals surface area contributed by atoms with Gasteiger partial charge in [0.05, 0.1) is 6.33 Å². The van der Waals surface area contributed by atoms with Gasteiger partial charge in [0.1, 0.15) is 6.04 Å². The second kappa shape index (κ2) is 6.51. The first-order valence-electron chi connectivity index (χ1n) is 6.16. The third-order valence-electron chi connectivity index (χ3n) is 3.04. The van der Waals surface area contributed by atoms with Crippen molar-refractivity contribution in [3.8, 4) is 0 Å². The molecule has 1 atom stereocenters. The van der Waals surface area contributed by atoms with E-state index in [1.807, 2.05) is 0 Å². The fourth-order valence-corrected chi connectivity index (χ4v) is 2.95. The van der Waals surface area contributed by atoms with Crippen LogP contribution in [-0.4, -0.2) is 66.8 Å². The van der Waals surface area contributed by atoms with E-state index in [1.165, 1.54) is 17.4 Å². The number of amides is 2. The van der Waals surface area contributed by atoms with Gasteiger partial charge in [-0.2, -0.15) is 0 Å². The fraction of sp³-hybridized carbons (Fsp3) is 0.545. The number of urea groups is 1. The summed E-state index contributed by atoms with van der Waals surface area (Å²) < 4.78 is 11.2. The minimum absolute atomic E-state index is 0.140. The van der Waals surface area contributed by atoms with Crippen molar-refractivity contribution in [2.24, 2.45) is 0 Å². The molecule has 0 unspecified atom stereocenters. The van der Waals surface area contributed by atoms with Gasteiger partial charge >= 0.3 is 12.0 Å². The number of carboxylic acid groups (broad SMARTS) is 1. The number of carbonyl (C=O) groups is 2. The van der Waals surface area contributed by atoms with E-state index in [2.05, 4.69) is 15.3 Å². The van der Waals surface area contributed by atoms with Gasteiger partial charge in [0.2, 0.25) is 0 Å². The first-order chi connectivity index (χ1) is 9.56. The molecule has 2 amide bonds. The predicted octanol–water partition coefficient (Wildman–Crippen LogP) is -0.821. The zero-order valence-electron chi connectivity index (χ0n) is 10.7. The maximum absolute atomic E-state index is 12.0. The molecule has 0 aromatic carbocycles. The quantitative estimate of drug-likeness (QED) is 0.672. The minimum Gasteiger partial charge on any atom is -0.480 e. The molecule has 1 aromatic rings. The number of H-pyrrole nitrogens is 1. The van der Waals surface area contributed by atoms with Crippen LogP contribution in [0.2, 0.25) is 0 Å². The molecule has 1 saturated heterocycles. The van der Waals surface area contributed by atoms with E-state index in [1.54, 1.807) is 0 Å². The number of aromatic nitrogens is 2. The third-order valence-corrected chi connectivity index (χ3v) is 4.32. The summed E-state index contributed by atoms with van der Waals surface area (Å²) in [5.74, 6) is -0.231. The Balaban J connectivity index is 1.92. The summed E-state index contributed by atoms with van der Waals surface area (Å²) in [5.41, 5.74) is 0.637. The molecule has 2 rings (SSSR count). The molecule has 9 heteroatoms. The molecule has 1 aromatic heterocycles. The van der Waals surface area contributed by atoms with Gasteiger partial charge in [-0.05, 0) is 0 Å². The number of nitrogens with zero attached hydrogens (tertiary/aromatic N) is 2. The summed E-state index contributed by atoms with van der Waals surface area (Å²) in [4.78, 5) is 31.3. The lowest BCUT2D eigenvalue weighted by Crippen LogP contribution is -2.52. The Morgan fingerprint density at radius 2 is 2.20 bits per heavy atom. The van der Waals surface area contributed by atoms with Gasteiger partial charge in [-0.1, -0.05) is 0 Å². The molecule has 2 heterocycles. The van der Waals surface area contributed by atoms with E-state index in [-0.39, 0.29) is 6.42 Å². The Kier molecular flexibility index (Phi) is 4.72. The average molecular weight is 300 g/mol. The molecule has 0 saturated carbocycles. The molecule has 110 valence electrons. The maximum Gasteiger partial charge on any atom is 0.326 e. The van der Waals surface area contributed by atoms with Crippen LogP contribution in [0, 0.1) is 0 Å². The highest BCUT2D eigenvalue weighted by atomic mass is 32.2. The monoisotopic (exact) mass is 300 g/mol. The van der Waals surface area contributed by atoms with E-state index < -0.39 is 28.8 Å². The largest absolute Gasteiger partial charge is 0.480 e. The van der Waals surface area contributed by atoms with Crippen LogP contribution < -0.4 is 5.32 Å². The molecule has 3 N–H and O–H groups in total. The van der Waals surface area contributed by atoms with Crippen LogP contribution in [-0.2, 0) is 22.0 Å². The first kappa shape index (κ1) is 14.5. The molecule has 0 aliphatic carbocycles. The van der Waals surface area contributed by atoms with Crippen molar-refractivity contribution < 1.29 is 18.9 Å². The lowest BCUT2D eigenvalue weighted by atomic mass is 10.1. The highest BCUT2D eigenvalue weighted by molar-refractivity contribution is 7.85. The second-order valence-corrected chi connectivity index (χ2v) is 6.15.